The fourth-order valence-corrected chi connectivity index (χ4v) is 2.79. The van der Waals surface area contributed by atoms with Crippen LogP contribution in [0.15, 0.2) is 29.4 Å². The minimum absolute atomic E-state index is 0. The lowest BCUT2D eigenvalue weighted by Crippen LogP contribution is -2.41. The first-order chi connectivity index (χ1) is 11.5. The SMILES string of the molecule is CN=C(NCCc1ccccn1)NCC1CCN(CC(F)(F)F)C1.I. The Balaban J connectivity index is 0.00000312. The summed E-state index contributed by atoms with van der Waals surface area (Å²) in [5.74, 6) is 0.877. The molecule has 1 fully saturated rings. The second-order valence-corrected chi connectivity index (χ2v) is 5.96. The van der Waals surface area contributed by atoms with Crippen molar-refractivity contribution < 1.29 is 13.2 Å². The van der Waals surface area contributed by atoms with E-state index in [0.717, 1.165) is 18.5 Å². The van der Waals surface area contributed by atoms with Gasteiger partial charge >= 0.3 is 6.18 Å². The molecule has 0 saturated carbocycles. The van der Waals surface area contributed by atoms with Crippen molar-refractivity contribution in [2.24, 2.45) is 10.9 Å². The van der Waals surface area contributed by atoms with Crippen molar-refractivity contribution in [1.29, 1.82) is 0 Å². The monoisotopic (exact) mass is 471 g/mol. The molecule has 1 saturated heterocycles. The molecule has 0 aliphatic carbocycles. The largest absolute Gasteiger partial charge is 0.401 e. The summed E-state index contributed by atoms with van der Waals surface area (Å²) >= 11 is 0. The number of nitrogens with zero attached hydrogens (tertiary/aromatic N) is 3. The van der Waals surface area contributed by atoms with Crippen LogP contribution in [0, 0.1) is 5.92 Å². The molecule has 25 heavy (non-hydrogen) atoms. The highest BCUT2D eigenvalue weighted by atomic mass is 127. The quantitative estimate of drug-likeness (QED) is 0.380. The Kier molecular flexibility index (Phi) is 9.47. The summed E-state index contributed by atoms with van der Waals surface area (Å²) in [6.45, 7) is 1.47. The summed E-state index contributed by atoms with van der Waals surface area (Å²) in [6, 6.07) is 5.79. The highest BCUT2D eigenvalue weighted by molar-refractivity contribution is 14.0. The first-order valence-electron chi connectivity index (χ1n) is 8.10. The third-order valence-electron chi connectivity index (χ3n) is 3.95. The van der Waals surface area contributed by atoms with E-state index in [-0.39, 0.29) is 29.9 Å². The number of hydrogen-bond donors (Lipinski definition) is 2. The molecule has 1 atom stereocenters. The molecule has 2 rings (SSSR count). The fraction of sp³-hybridized carbons (Fsp3) is 0.625. The Bertz CT molecular complexity index is 524. The molecular weight excluding hydrogens is 446 g/mol. The van der Waals surface area contributed by atoms with Gasteiger partial charge in [-0.25, -0.2) is 0 Å². The minimum atomic E-state index is -4.12. The standard InChI is InChI=1S/C16H24F3N5.HI/c1-20-15(22-8-5-14-4-2-3-7-21-14)23-10-13-6-9-24(11-13)12-16(17,18)19;/h2-4,7,13H,5-6,8-12H2,1H3,(H2,20,22,23);1H. The summed E-state index contributed by atoms with van der Waals surface area (Å²) in [5.41, 5.74) is 0.999. The number of rotatable bonds is 6. The zero-order valence-corrected chi connectivity index (χ0v) is 16.6. The van der Waals surface area contributed by atoms with Gasteiger partial charge in [-0.1, -0.05) is 6.07 Å². The van der Waals surface area contributed by atoms with Gasteiger partial charge in [-0.15, -0.1) is 24.0 Å². The van der Waals surface area contributed by atoms with E-state index in [1.807, 2.05) is 18.2 Å². The van der Waals surface area contributed by atoms with Gasteiger partial charge in [-0.05, 0) is 31.0 Å². The number of guanidine groups is 1. The summed E-state index contributed by atoms with van der Waals surface area (Å²) in [7, 11) is 1.68. The maximum Gasteiger partial charge on any atom is 0.401 e. The van der Waals surface area contributed by atoms with Crippen LogP contribution in [-0.4, -0.2) is 61.8 Å². The van der Waals surface area contributed by atoms with E-state index in [9.17, 15) is 13.2 Å². The van der Waals surface area contributed by atoms with E-state index in [0.29, 0.717) is 32.1 Å². The molecule has 2 N–H and O–H groups in total. The molecule has 5 nitrogen and oxygen atoms in total. The predicted molar refractivity (Wildman–Crippen MR) is 103 cm³/mol. The van der Waals surface area contributed by atoms with Gasteiger partial charge in [0.2, 0.25) is 0 Å². The number of aromatic nitrogens is 1. The molecule has 0 spiro atoms. The topological polar surface area (TPSA) is 52.6 Å². The second-order valence-electron chi connectivity index (χ2n) is 5.96. The molecule has 1 aromatic rings. The van der Waals surface area contributed by atoms with Gasteiger partial charge in [0.05, 0.1) is 6.54 Å². The van der Waals surface area contributed by atoms with Gasteiger partial charge in [0.15, 0.2) is 5.96 Å². The van der Waals surface area contributed by atoms with E-state index in [2.05, 4.69) is 20.6 Å². The number of hydrogen-bond acceptors (Lipinski definition) is 3. The zero-order valence-electron chi connectivity index (χ0n) is 14.2. The Hall–Kier alpha value is -1.10. The van der Waals surface area contributed by atoms with E-state index < -0.39 is 12.7 Å². The third kappa shape index (κ3) is 8.70. The van der Waals surface area contributed by atoms with Crippen LogP contribution in [-0.2, 0) is 6.42 Å². The average Bonchev–Trinajstić information content (AvgIpc) is 2.97. The third-order valence-corrected chi connectivity index (χ3v) is 3.95. The van der Waals surface area contributed by atoms with Crippen LogP contribution in [0.25, 0.3) is 0 Å². The van der Waals surface area contributed by atoms with Crippen molar-refractivity contribution in [3.05, 3.63) is 30.1 Å². The van der Waals surface area contributed by atoms with Gasteiger partial charge in [-0.2, -0.15) is 13.2 Å². The normalized spacial score (nSPS) is 18.7. The van der Waals surface area contributed by atoms with E-state index in [4.69, 9.17) is 0 Å². The van der Waals surface area contributed by atoms with Gasteiger partial charge in [-0.3, -0.25) is 14.9 Å². The van der Waals surface area contributed by atoms with Gasteiger partial charge in [0, 0.05) is 45.0 Å². The maximum absolute atomic E-state index is 12.4. The van der Waals surface area contributed by atoms with Crippen LogP contribution < -0.4 is 10.6 Å². The van der Waals surface area contributed by atoms with Crippen molar-refractivity contribution in [3.8, 4) is 0 Å². The lowest BCUT2D eigenvalue weighted by Gasteiger charge is -2.18. The van der Waals surface area contributed by atoms with E-state index >= 15 is 0 Å². The minimum Gasteiger partial charge on any atom is -0.356 e. The maximum atomic E-state index is 12.4. The fourth-order valence-electron chi connectivity index (χ4n) is 2.79. The summed E-state index contributed by atoms with van der Waals surface area (Å²) < 4.78 is 37.2. The smallest absolute Gasteiger partial charge is 0.356 e. The summed E-state index contributed by atoms with van der Waals surface area (Å²) in [4.78, 5) is 9.85. The number of likely N-dealkylation sites (tertiary alicyclic amines) is 1. The van der Waals surface area contributed by atoms with Gasteiger partial charge < -0.3 is 10.6 Å². The molecule has 1 aromatic heterocycles. The number of pyridine rings is 1. The molecule has 0 radical (unpaired) electrons. The van der Waals surface area contributed by atoms with Crippen LogP contribution in [0.5, 0.6) is 0 Å². The first kappa shape index (κ1) is 21.9. The molecule has 1 aliphatic heterocycles. The Morgan fingerprint density at radius 2 is 2.16 bits per heavy atom. The predicted octanol–water partition coefficient (Wildman–Crippen LogP) is 2.29. The van der Waals surface area contributed by atoms with Crippen LogP contribution >= 0.6 is 24.0 Å². The summed E-state index contributed by atoms with van der Waals surface area (Å²) in [5, 5.41) is 6.39. The van der Waals surface area contributed by atoms with Crippen LogP contribution in [0.4, 0.5) is 13.2 Å². The highest BCUT2D eigenvalue weighted by Gasteiger charge is 2.34. The number of aliphatic imine (C=N–C) groups is 1. The van der Waals surface area contributed by atoms with Crippen molar-refractivity contribution in [2.45, 2.75) is 19.0 Å². The molecule has 1 unspecified atom stereocenters. The highest BCUT2D eigenvalue weighted by Crippen LogP contribution is 2.22. The molecule has 0 amide bonds. The summed E-state index contributed by atoms with van der Waals surface area (Å²) in [6.07, 6.45) is -0.807. The van der Waals surface area contributed by atoms with E-state index in [1.165, 1.54) is 4.90 Å². The van der Waals surface area contributed by atoms with E-state index in [1.54, 1.807) is 13.2 Å². The number of nitrogens with one attached hydrogen (secondary N) is 2. The lowest BCUT2D eigenvalue weighted by molar-refractivity contribution is -0.143. The average molecular weight is 471 g/mol. The van der Waals surface area contributed by atoms with Crippen molar-refractivity contribution in [3.63, 3.8) is 0 Å². The zero-order chi connectivity index (χ0) is 17.4. The Labute approximate surface area is 163 Å². The molecule has 2 heterocycles. The first-order valence-corrected chi connectivity index (χ1v) is 8.10. The molecule has 1 aliphatic rings. The molecule has 142 valence electrons. The van der Waals surface area contributed by atoms with Crippen LogP contribution in [0.1, 0.15) is 12.1 Å². The lowest BCUT2D eigenvalue weighted by atomic mass is 10.1. The van der Waals surface area contributed by atoms with Crippen molar-refractivity contribution in [2.75, 3.05) is 39.8 Å². The van der Waals surface area contributed by atoms with Crippen molar-refractivity contribution in [1.82, 2.24) is 20.5 Å². The van der Waals surface area contributed by atoms with Gasteiger partial charge in [0.25, 0.3) is 0 Å². The second kappa shape index (κ2) is 10.8. The van der Waals surface area contributed by atoms with Crippen LogP contribution in [0.2, 0.25) is 0 Å². The van der Waals surface area contributed by atoms with Crippen LogP contribution in [0.3, 0.4) is 0 Å². The molecule has 0 aromatic carbocycles. The molecular formula is C16H25F3IN5. The number of alkyl halides is 3. The number of halogens is 4. The Morgan fingerprint density at radius 3 is 2.80 bits per heavy atom. The van der Waals surface area contributed by atoms with Gasteiger partial charge in [0.1, 0.15) is 0 Å². The van der Waals surface area contributed by atoms with Crippen molar-refractivity contribution >= 4 is 29.9 Å². The Morgan fingerprint density at radius 1 is 1.36 bits per heavy atom. The molecule has 9 heteroatoms. The molecule has 0 bridgehead atoms.